The van der Waals surface area contributed by atoms with Gasteiger partial charge in [0.2, 0.25) is 0 Å². The molecule has 0 atom stereocenters. The number of amidine groups is 1. The molecule has 1 fully saturated rings. The molecule has 0 unspecified atom stereocenters. The Labute approximate surface area is 158 Å². The predicted molar refractivity (Wildman–Crippen MR) is 102 cm³/mol. The minimum Gasteiger partial charge on any atom is -0.482 e. The number of nitrogens with one attached hydrogen (secondary N) is 1. The Morgan fingerprint density at radius 2 is 1.85 bits per heavy atom. The molecule has 0 spiro atoms. The average Bonchev–Trinajstić information content (AvgIpc) is 2.89. The van der Waals surface area contributed by atoms with Gasteiger partial charge in [-0.05, 0) is 59.8 Å². The zero-order chi connectivity index (χ0) is 18.7. The van der Waals surface area contributed by atoms with Gasteiger partial charge in [-0.1, -0.05) is 23.7 Å². The van der Waals surface area contributed by atoms with E-state index < -0.39 is 12.6 Å². The fraction of sp³-hybridized carbons (Fsp3) is 0.0556. The summed E-state index contributed by atoms with van der Waals surface area (Å²) in [6.45, 7) is -0.415. The number of carboxylic acids is 1. The number of thioether (sulfide) groups is 1. The second-order valence-corrected chi connectivity index (χ2v) is 6.75. The molecule has 1 aliphatic rings. The van der Waals surface area contributed by atoms with E-state index >= 15 is 0 Å². The van der Waals surface area contributed by atoms with Crippen LogP contribution in [0.2, 0.25) is 5.02 Å². The van der Waals surface area contributed by atoms with Gasteiger partial charge >= 0.3 is 5.97 Å². The van der Waals surface area contributed by atoms with E-state index in [1.54, 1.807) is 54.6 Å². The molecule has 0 bridgehead atoms. The number of benzene rings is 2. The number of halogens is 1. The van der Waals surface area contributed by atoms with Crippen molar-refractivity contribution in [3.63, 3.8) is 0 Å². The number of hydrogen-bond acceptors (Lipinski definition) is 5. The number of ether oxygens (including phenoxy) is 1. The Morgan fingerprint density at radius 1 is 1.19 bits per heavy atom. The summed E-state index contributed by atoms with van der Waals surface area (Å²) in [5.74, 6) is -0.908. The Hall–Kier alpha value is -2.77. The zero-order valence-electron chi connectivity index (χ0n) is 13.3. The fourth-order valence-electron chi connectivity index (χ4n) is 2.27. The number of rotatable bonds is 5. The van der Waals surface area contributed by atoms with E-state index in [9.17, 15) is 9.59 Å². The lowest BCUT2D eigenvalue weighted by molar-refractivity contribution is -0.139. The standard InChI is InChI=1S/C18H13ClN2O4S/c19-12-3-5-13(6-4-12)21-17(24)15(26-18(21)20)9-11-1-7-14(8-2-11)25-10-16(22)23/h1-9,20H,10H2,(H,22,23)/b15-9-,20-18?. The molecule has 2 aromatic carbocycles. The Kier molecular flexibility index (Phi) is 5.29. The van der Waals surface area contributed by atoms with Gasteiger partial charge in [-0.2, -0.15) is 0 Å². The topological polar surface area (TPSA) is 90.7 Å². The summed E-state index contributed by atoms with van der Waals surface area (Å²) in [7, 11) is 0. The molecule has 1 amide bonds. The van der Waals surface area contributed by atoms with E-state index in [4.69, 9.17) is 26.9 Å². The van der Waals surface area contributed by atoms with Crippen molar-refractivity contribution in [2.24, 2.45) is 0 Å². The van der Waals surface area contributed by atoms with Crippen molar-refractivity contribution in [2.45, 2.75) is 0 Å². The largest absolute Gasteiger partial charge is 0.482 e. The van der Waals surface area contributed by atoms with Crippen LogP contribution in [-0.4, -0.2) is 28.8 Å². The first-order chi connectivity index (χ1) is 12.4. The van der Waals surface area contributed by atoms with Gasteiger partial charge in [0.25, 0.3) is 5.91 Å². The van der Waals surface area contributed by atoms with Crippen LogP contribution in [0.25, 0.3) is 6.08 Å². The molecule has 132 valence electrons. The first-order valence-corrected chi connectivity index (χ1v) is 8.66. The molecule has 6 nitrogen and oxygen atoms in total. The Balaban J connectivity index is 1.77. The fourth-order valence-corrected chi connectivity index (χ4v) is 3.26. The van der Waals surface area contributed by atoms with E-state index in [-0.39, 0.29) is 11.1 Å². The molecule has 26 heavy (non-hydrogen) atoms. The first kappa shape index (κ1) is 18.0. The number of aliphatic carboxylic acids is 1. The van der Waals surface area contributed by atoms with Crippen molar-refractivity contribution in [1.29, 1.82) is 5.41 Å². The van der Waals surface area contributed by atoms with Gasteiger partial charge in [0.15, 0.2) is 11.8 Å². The molecular formula is C18H13ClN2O4S. The van der Waals surface area contributed by atoms with Crippen molar-refractivity contribution in [3.8, 4) is 5.75 Å². The summed E-state index contributed by atoms with van der Waals surface area (Å²) in [5, 5.41) is 17.3. The molecule has 3 rings (SSSR count). The second-order valence-electron chi connectivity index (χ2n) is 5.28. The lowest BCUT2D eigenvalue weighted by Gasteiger charge is -2.14. The van der Waals surface area contributed by atoms with Gasteiger partial charge in [0.05, 0.1) is 10.6 Å². The summed E-state index contributed by atoms with van der Waals surface area (Å²) < 4.78 is 5.07. The minimum absolute atomic E-state index is 0.116. The molecule has 0 radical (unpaired) electrons. The van der Waals surface area contributed by atoms with Gasteiger partial charge < -0.3 is 9.84 Å². The summed E-state index contributed by atoms with van der Waals surface area (Å²) in [6, 6.07) is 13.4. The van der Waals surface area contributed by atoms with E-state index in [0.29, 0.717) is 21.4 Å². The van der Waals surface area contributed by atoms with Crippen LogP contribution in [0.3, 0.4) is 0 Å². The van der Waals surface area contributed by atoms with Crippen LogP contribution in [0.4, 0.5) is 5.69 Å². The Morgan fingerprint density at radius 3 is 2.46 bits per heavy atom. The van der Waals surface area contributed by atoms with Crippen LogP contribution in [0.15, 0.2) is 53.4 Å². The van der Waals surface area contributed by atoms with Crippen molar-refractivity contribution < 1.29 is 19.4 Å². The molecule has 1 saturated heterocycles. The van der Waals surface area contributed by atoms with Crippen molar-refractivity contribution >= 4 is 52.2 Å². The third-order valence-electron chi connectivity index (χ3n) is 3.45. The molecule has 8 heteroatoms. The second kappa shape index (κ2) is 7.63. The molecule has 1 aliphatic heterocycles. The van der Waals surface area contributed by atoms with Crippen LogP contribution in [-0.2, 0) is 9.59 Å². The zero-order valence-corrected chi connectivity index (χ0v) is 14.9. The van der Waals surface area contributed by atoms with Crippen LogP contribution in [0.1, 0.15) is 5.56 Å². The maximum absolute atomic E-state index is 12.6. The maximum Gasteiger partial charge on any atom is 0.341 e. The molecule has 2 aromatic rings. The number of carbonyl (C=O) groups is 2. The van der Waals surface area contributed by atoms with E-state index in [2.05, 4.69) is 0 Å². The highest BCUT2D eigenvalue weighted by Crippen LogP contribution is 2.35. The van der Waals surface area contributed by atoms with Crippen LogP contribution in [0.5, 0.6) is 5.75 Å². The number of carbonyl (C=O) groups excluding carboxylic acids is 1. The number of amides is 1. The van der Waals surface area contributed by atoms with Crippen LogP contribution >= 0.6 is 23.4 Å². The van der Waals surface area contributed by atoms with Gasteiger partial charge in [-0.15, -0.1) is 0 Å². The SMILES string of the molecule is N=C1S/C(=C\c2ccc(OCC(=O)O)cc2)C(=O)N1c1ccc(Cl)cc1. The maximum atomic E-state index is 12.6. The van der Waals surface area contributed by atoms with Gasteiger partial charge in [-0.3, -0.25) is 15.1 Å². The Bertz CT molecular complexity index is 894. The quantitative estimate of drug-likeness (QED) is 0.759. The van der Waals surface area contributed by atoms with Crippen molar-refractivity contribution in [2.75, 3.05) is 11.5 Å². The smallest absolute Gasteiger partial charge is 0.341 e. The van der Waals surface area contributed by atoms with E-state index in [1.165, 1.54) is 4.90 Å². The van der Waals surface area contributed by atoms with Gasteiger partial charge in [0.1, 0.15) is 5.75 Å². The van der Waals surface area contributed by atoms with Crippen LogP contribution < -0.4 is 9.64 Å². The lowest BCUT2D eigenvalue weighted by Crippen LogP contribution is -2.27. The number of hydrogen-bond donors (Lipinski definition) is 2. The lowest BCUT2D eigenvalue weighted by atomic mass is 10.2. The van der Waals surface area contributed by atoms with E-state index in [0.717, 1.165) is 17.3 Å². The molecule has 0 aliphatic carbocycles. The van der Waals surface area contributed by atoms with Crippen molar-refractivity contribution in [3.05, 3.63) is 64.0 Å². The molecule has 2 N–H and O–H groups in total. The first-order valence-electron chi connectivity index (χ1n) is 7.47. The highest BCUT2D eigenvalue weighted by atomic mass is 35.5. The minimum atomic E-state index is -1.05. The normalized spacial score (nSPS) is 15.6. The third kappa shape index (κ3) is 4.07. The summed E-state index contributed by atoms with van der Waals surface area (Å²) >= 11 is 6.94. The average molecular weight is 389 g/mol. The van der Waals surface area contributed by atoms with Crippen LogP contribution in [0, 0.1) is 5.41 Å². The molecule has 0 aromatic heterocycles. The third-order valence-corrected chi connectivity index (χ3v) is 4.59. The van der Waals surface area contributed by atoms with Crippen molar-refractivity contribution in [1.82, 2.24) is 0 Å². The highest BCUT2D eigenvalue weighted by molar-refractivity contribution is 8.19. The molecule has 1 heterocycles. The number of carboxylic acid groups (broad SMARTS) is 1. The predicted octanol–water partition coefficient (Wildman–Crippen LogP) is 3.86. The number of anilines is 1. The van der Waals surface area contributed by atoms with Gasteiger partial charge in [0, 0.05) is 5.02 Å². The highest BCUT2D eigenvalue weighted by Gasteiger charge is 2.33. The number of nitrogens with zero attached hydrogens (tertiary/aromatic N) is 1. The van der Waals surface area contributed by atoms with Gasteiger partial charge in [-0.25, -0.2) is 4.79 Å². The molecular weight excluding hydrogens is 376 g/mol. The summed E-state index contributed by atoms with van der Waals surface area (Å²) in [5.41, 5.74) is 1.33. The summed E-state index contributed by atoms with van der Waals surface area (Å²) in [4.78, 5) is 24.9. The monoisotopic (exact) mass is 388 g/mol. The molecule has 0 saturated carbocycles. The van der Waals surface area contributed by atoms with E-state index in [1.807, 2.05) is 0 Å². The summed E-state index contributed by atoms with van der Waals surface area (Å²) in [6.07, 6.45) is 1.68.